The van der Waals surface area contributed by atoms with Crippen LogP contribution in [0, 0.1) is 11.8 Å². The Morgan fingerprint density at radius 1 is 0.958 bits per heavy atom. The van der Waals surface area contributed by atoms with E-state index < -0.39 is 5.97 Å². The summed E-state index contributed by atoms with van der Waals surface area (Å²) in [6, 6.07) is 0. The number of fused-ring (bicyclic) bond motifs is 2. The number of ether oxygens (including phenoxy) is 1. The number of unbranched alkanes of at least 4 members (excludes halogenated alkanes) is 5. The topological polar surface area (TPSA) is 63.6 Å². The van der Waals surface area contributed by atoms with Crippen LogP contribution in [0.3, 0.4) is 0 Å². The number of carboxylic acids is 1. The average molecular weight is 336 g/mol. The number of hydrogen-bond acceptors (Lipinski definition) is 3. The van der Waals surface area contributed by atoms with E-state index in [2.05, 4.69) is 12.2 Å². The molecule has 2 saturated heterocycles. The second kappa shape index (κ2) is 10.7. The molecule has 0 unspecified atom stereocenters. The van der Waals surface area contributed by atoms with E-state index in [9.17, 15) is 9.59 Å². The molecule has 0 aromatic rings. The van der Waals surface area contributed by atoms with E-state index in [0.29, 0.717) is 30.5 Å². The van der Waals surface area contributed by atoms with Crippen molar-refractivity contribution in [2.24, 2.45) is 11.8 Å². The van der Waals surface area contributed by atoms with Crippen molar-refractivity contribution >= 4 is 12.3 Å². The van der Waals surface area contributed by atoms with Gasteiger partial charge in [-0.25, -0.2) is 0 Å². The van der Waals surface area contributed by atoms with Crippen LogP contribution < -0.4 is 0 Å². The third kappa shape index (κ3) is 6.04. The Morgan fingerprint density at radius 3 is 2.46 bits per heavy atom. The predicted octanol–water partition coefficient (Wildman–Crippen LogP) is 4.52. The van der Waals surface area contributed by atoms with Crippen LogP contribution in [0.25, 0.3) is 0 Å². The zero-order valence-corrected chi connectivity index (χ0v) is 14.7. The number of carbonyl (C=O) groups excluding carboxylic acids is 1. The quantitative estimate of drug-likeness (QED) is 0.305. The van der Waals surface area contributed by atoms with Crippen molar-refractivity contribution in [1.82, 2.24) is 0 Å². The minimum absolute atomic E-state index is 0.258. The number of allylic oxidation sites excluding steroid dienone is 2. The van der Waals surface area contributed by atoms with Crippen LogP contribution in [-0.4, -0.2) is 29.6 Å². The van der Waals surface area contributed by atoms with Crippen molar-refractivity contribution in [3.63, 3.8) is 0 Å². The average Bonchev–Trinajstić information content (AvgIpc) is 3.15. The fraction of sp³-hybridized carbons (Fsp3) is 0.800. The maximum absolute atomic E-state index is 10.5. The van der Waals surface area contributed by atoms with E-state index in [1.165, 1.54) is 32.1 Å². The molecule has 0 aromatic carbocycles. The summed E-state index contributed by atoms with van der Waals surface area (Å²) in [4.78, 5) is 20.8. The molecule has 24 heavy (non-hydrogen) atoms. The maximum Gasteiger partial charge on any atom is 0.303 e. The molecular weight excluding hydrogens is 304 g/mol. The zero-order chi connectivity index (χ0) is 17.2. The number of carbonyl (C=O) groups is 2. The van der Waals surface area contributed by atoms with Gasteiger partial charge >= 0.3 is 5.97 Å². The maximum atomic E-state index is 10.5. The smallest absolute Gasteiger partial charge is 0.303 e. The number of aldehydes is 1. The van der Waals surface area contributed by atoms with Crippen molar-refractivity contribution in [2.75, 3.05) is 0 Å². The highest BCUT2D eigenvalue weighted by Crippen LogP contribution is 2.47. The van der Waals surface area contributed by atoms with Gasteiger partial charge in [-0.3, -0.25) is 4.79 Å². The molecule has 0 spiro atoms. The molecule has 2 aliphatic heterocycles. The van der Waals surface area contributed by atoms with Gasteiger partial charge in [0.05, 0.1) is 12.2 Å². The third-order valence-corrected chi connectivity index (χ3v) is 5.54. The zero-order valence-electron chi connectivity index (χ0n) is 14.7. The highest BCUT2D eigenvalue weighted by Gasteiger charge is 2.47. The normalized spacial score (nSPS) is 28.7. The van der Waals surface area contributed by atoms with Crippen LogP contribution in [0.1, 0.15) is 77.0 Å². The van der Waals surface area contributed by atoms with Crippen LogP contribution in [-0.2, 0) is 14.3 Å². The van der Waals surface area contributed by atoms with Gasteiger partial charge in [-0.1, -0.05) is 31.4 Å². The summed E-state index contributed by atoms with van der Waals surface area (Å²) in [7, 11) is 0. The summed E-state index contributed by atoms with van der Waals surface area (Å²) >= 11 is 0. The first-order valence-electron chi connectivity index (χ1n) is 9.68. The molecule has 0 aromatic heterocycles. The van der Waals surface area contributed by atoms with Crippen molar-refractivity contribution in [2.45, 2.75) is 89.3 Å². The molecule has 0 saturated carbocycles. The summed E-state index contributed by atoms with van der Waals surface area (Å²) < 4.78 is 6.14. The Labute approximate surface area is 145 Å². The lowest BCUT2D eigenvalue weighted by atomic mass is 9.75. The second-order valence-corrected chi connectivity index (χ2v) is 7.27. The summed E-state index contributed by atoms with van der Waals surface area (Å²) in [5.41, 5.74) is 0. The number of hydrogen-bond donors (Lipinski definition) is 1. The molecule has 2 heterocycles. The highest BCUT2D eigenvalue weighted by molar-refractivity contribution is 5.66. The molecule has 0 radical (unpaired) electrons. The monoisotopic (exact) mass is 336 g/mol. The molecule has 2 rings (SSSR count). The second-order valence-electron chi connectivity index (χ2n) is 7.27. The number of rotatable bonds is 13. The Morgan fingerprint density at radius 2 is 1.71 bits per heavy atom. The van der Waals surface area contributed by atoms with Crippen molar-refractivity contribution < 1.29 is 19.4 Å². The molecule has 136 valence electrons. The van der Waals surface area contributed by atoms with E-state index >= 15 is 0 Å². The molecule has 2 aliphatic rings. The fourth-order valence-corrected chi connectivity index (χ4v) is 4.30. The minimum atomic E-state index is -0.710. The predicted molar refractivity (Wildman–Crippen MR) is 93.9 cm³/mol. The van der Waals surface area contributed by atoms with Crippen molar-refractivity contribution in [1.29, 1.82) is 0 Å². The van der Waals surface area contributed by atoms with E-state index in [1.54, 1.807) is 0 Å². The molecule has 4 heteroatoms. The largest absolute Gasteiger partial charge is 0.481 e. The van der Waals surface area contributed by atoms with Crippen molar-refractivity contribution in [3.05, 3.63) is 12.2 Å². The Bertz CT molecular complexity index is 418. The number of aliphatic carboxylic acids is 1. The fourth-order valence-electron chi connectivity index (χ4n) is 4.30. The Kier molecular flexibility index (Phi) is 8.51. The van der Waals surface area contributed by atoms with E-state index in [4.69, 9.17) is 9.84 Å². The van der Waals surface area contributed by atoms with Gasteiger partial charge < -0.3 is 14.6 Å². The van der Waals surface area contributed by atoms with Gasteiger partial charge in [-0.2, -0.15) is 0 Å². The summed E-state index contributed by atoms with van der Waals surface area (Å²) in [5, 5.41) is 8.64. The first kappa shape index (κ1) is 19.2. The Balaban J connectivity index is 1.66. The van der Waals surface area contributed by atoms with Crippen LogP contribution in [0.4, 0.5) is 0 Å². The van der Waals surface area contributed by atoms with Gasteiger partial charge in [0.15, 0.2) is 0 Å². The lowest BCUT2D eigenvalue weighted by molar-refractivity contribution is -0.137. The molecule has 2 bridgehead atoms. The van der Waals surface area contributed by atoms with Gasteiger partial charge in [0.2, 0.25) is 0 Å². The van der Waals surface area contributed by atoms with Gasteiger partial charge in [0.25, 0.3) is 0 Å². The van der Waals surface area contributed by atoms with Crippen LogP contribution in [0.15, 0.2) is 12.2 Å². The molecule has 4 atom stereocenters. The van der Waals surface area contributed by atoms with E-state index in [-0.39, 0.29) is 6.42 Å². The van der Waals surface area contributed by atoms with Gasteiger partial charge in [0, 0.05) is 12.8 Å². The lowest BCUT2D eigenvalue weighted by Crippen LogP contribution is -2.26. The standard InChI is InChI=1S/C20H32O4/c21-15-9-5-1-2-6-10-16-17(19-14-13-18(16)24-19)11-7-3-4-8-12-20(22)23/h3,7,15-19H,1-2,4-6,8-14H2,(H,22,23)/b7-3-/t16-,17+,18-,19+/m1/s1. The van der Waals surface area contributed by atoms with Crippen LogP contribution >= 0.6 is 0 Å². The van der Waals surface area contributed by atoms with Crippen LogP contribution in [0.5, 0.6) is 0 Å². The molecule has 0 amide bonds. The number of carboxylic acid groups (broad SMARTS) is 1. The van der Waals surface area contributed by atoms with E-state index in [0.717, 1.165) is 38.4 Å². The van der Waals surface area contributed by atoms with Crippen molar-refractivity contribution in [3.8, 4) is 0 Å². The van der Waals surface area contributed by atoms with Gasteiger partial charge in [-0.15, -0.1) is 0 Å². The summed E-state index contributed by atoms with van der Waals surface area (Å²) in [5.74, 6) is 0.631. The minimum Gasteiger partial charge on any atom is -0.481 e. The molecule has 1 N–H and O–H groups in total. The van der Waals surface area contributed by atoms with Crippen LogP contribution in [0.2, 0.25) is 0 Å². The third-order valence-electron chi connectivity index (χ3n) is 5.54. The SMILES string of the molecule is O=CCCCCCC[C@@H]1[C@H](C/C=C\CCCC(=O)O)[C@@H]2CC[C@H]1O2. The van der Waals surface area contributed by atoms with Gasteiger partial charge in [0.1, 0.15) is 6.29 Å². The first-order chi connectivity index (χ1) is 11.7. The molecule has 4 nitrogen and oxygen atoms in total. The lowest BCUT2D eigenvalue weighted by Gasteiger charge is -2.27. The highest BCUT2D eigenvalue weighted by atomic mass is 16.5. The molecule has 0 aliphatic carbocycles. The van der Waals surface area contributed by atoms with Gasteiger partial charge in [-0.05, 0) is 56.8 Å². The summed E-state index contributed by atoms with van der Waals surface area (Å²) in [6.45, 7) is 0. The Hall–Kier alpha value is -1.16. The van der Waals surface area contributed by atoms with E-state index in [1.807, 2.05) is 0 Å². The molecular formula is C20H32O4. The first-order valence-corrected chi connectivity index (χ1v) is 9.68. The molecule has 2 fully saturated rings. The summed E-state index contributed by atoms with van der Waals surface area (Å²) in [6.07, 6.45) is 18.3.